The first kappa shape index (κ1) is 9.72. The number of hydrogen-bond acceptors (Lipinski definition) is 2. The third-order valence-electron chi connectivity index (χ3n) is 2.41. The molecule has 0 bridgehead atoms. The van der Waals surface area contributed by atoms with Crippen molar-refractivity contribution in [1.29, 1.82) is 0 Å². The summed E-state index contributed by atoms with van der Waals surface area (Å²) >= 11 is 0. The van der Waals surface area contributed by atoms with E-state index in [2.05, 4.69) is 25.8 Å². The summed E-state index contributed by atoms with van der Waals surface area (Å²) in [6.45, 7) is 7.32. The Morgan fingerprint density at radius 1 is 1.67 bits per heavy atom. The van der Waals surface area contributed by atoms with Crippen LogP contribution < -0.4 is 0 Å². The normalized spacial score (nSPS) is 27.6. The van der Waals surface area contributed by atoms with Crippen LogP contribution in [0.3, 0.4) is 0 Å². The Hall–Kier alpha value is -0.370. The first-order valence-electron chi connectivity index (χ1n) is 4.90. The second kappa shape index (κ2) is 4.61. The number of rotatable bonds is 3. The van der Waals surface area contributed by atoms with Gasteiger partial charge in [0.2, 0.25) is 0 Å². The van der Waals surface area contributed by atoms with Gasteiger partial charge in [-0.15, -0.1) is 0 Å². The van der Waals surface area contributed by atoms with Crippen molar-refractivity contribution in [3.05, 3.63) is 0 Å². The van der Waals surface area contributed by atoms with Crippen molar-refractivity contribution in [2.24, 2.45) is 4.99 Å². The molecule has 2 unspecified atom stereocenters. The Kier molecular flexibility index (Phi) is 3.73. The van der Waals surface area contributed by atoms with Crippen molar-refractivity contribution in [3.63, 3.8) is 0 Å². The van der Waals surface area contributed by atoms with Crippen LogP contribution in [0.5, 0.6) is 0 Å². The third kappa shape index (κ3) is 2.59. The zero-order chi connectivity index (χ0) is 8.97. The van der Waals surface area contributed by atoms with Crippen LogP contribution in [0.25, 0.3) is 0 Å². The van der Waals surface area contributed by atoms with E-state index in [0.717, 1.165) is 19.4 Å². The lowest BCUT2D eigenvalue weighted by Crippen LogP contribution is -2.18. The third-order valence-corrected chi connectivity index (χ3v) is 2.41. The lowest BCUT2D eigenvalue weighted by atomic mass is 10.1. The molecular formula is C10H19NO. The first-order valence-corrected chi connectivity index (χ1v) is 4.90. The van der Waals surface area contributed by atoms with Crippen molar-refractivity contribution in [2.45, 2.75) is 52.2 Å². The summed E-state index contributed by atoms with van der Waals surface area (Å²) in [6.07, 6.45) is 3.78. The quantitative estimate of drug-likeness (QED) is 0.594. The van der Waals surface area contributed by atoms with Crippen LogP contribution in [0.4, 0.5) is 0 Å². The van der Waals surface area contributed by atoms with Crippen molar-refractivity contribution < 1.29 is 4.74 Å². The van der Waals surface area contributed by atoms with E-state index in [1.807, 2.05) is 0 Å². The Bertz CT molecular complexity index is 159. The molecular weight excluding hydrogens is 150 g/mol. The summed E-state index contributed by atoms with van der Waals surface area (Å²) < 4.78 is 5.53. The maximum atomic E-state index is 5.53. The molecule has 0 N–H and O–H groups in total. The second-order valence-electron chi connectivity index (χ2n) is 3.53. The zero-order valence-electron chi connectivity index (χ0n) is 8.34. The van der Waals surface area contributed by atoms with Crippen molar-refractivity contribution in [3.8, 4) is 0 Å². The highest BCUT2D eigenvalue weighted by atomic mass is 16.5. The minimum atomic E-state index is 0.319. The molecule has 70 valence electrons. The molecule has 12 heavy (non-hydrogen) atoms. The molecule has 0 amide bonds. The maximum absolute atomic E-state index is 5.53. The lowest BCUT2D eigenvalue weighted by molar-refractivity contribution is 0.157. The van der Waals surface area contributed by atoms with E-state index in [1.54, 1.807) is 0 Å². The molecule has 0 saturated carbocycles. The molecule has 0 spiro atoms. The monoisotopic (exact) mass is 169 g/mol. The van der Waals surface area contributed by atoms with E-state index in [9.17, 15) is 0 Å². The average Bonchev–Trinajstić information content (AvgIpc) is 2.56. The van der Waals surface area contributed by atoms with E-state index in [-0.39, 0.29) is 0 Å². The first-order chi connectivity index (χ1) is 5.74. The fourth-order valence-corrected chi connectivity index (χ4v) is 1.43. The van der Waals surface area contributed by atoms with Gasteiger partial charge in [0.05, 0.1) is 6.10 Å². The summed E-state index contributed by atoms with van der Waals surface area (Å²) in [5.41, 5.74) is 1.18. The molecule has 2 heteroatoms. The van der Waals surface area contributed by atoms with E-state index >= 15 is 0 Å². The Morgan fingerprint density at radius 3 is 2.92 bits per heavy atom. The molecule has 1 fully saturated rings. The lowest BCUT2D eigenvalue weighted by Gasteiger charge is -2.11. The molecule has 0 radical (unpaired) electrons. The molecule has 1 heterocycles. The van der Waals surface area contributed by atoms with Crippen LogP contribution in [0, 0.1) is 0 Å². The largest absolute Gasteiger partial charge is 0.372 e. The molecule has 1 rings (SSSR count). The van der Waals surface area contributed by atoms with E-state index in [4.69, 9.17) is 4.74 Å². The SMILES string of the molecule is CCC(C)N=C(C)C1CCCO1. The van der Waals surface area contributed by atoms with Gasteiger partial charge in [-0.3, -0.25) is 4.99 Å². The van der Waals surface area contributed by atoms with Gasteiger partial charge < -0.3 is 4.74 Å². The summed E-state index contributed by atoms with van der Waals surface area (Å²) in [6, 6.07) is 0.453. The van der Waals surface area contributed by atoms with Gasteiger partial charge in [0.1, 0.15) is 0 Å². The summed E-state index contributed by atoms with van der Waals surface area (Å²) in [4.78, 5) is 4.57. The summed E-state index contributed by atoms with van der Waals surface area (Å²) in [5, 5.41) is 0. The maximum Gasteiger partial charge on any atom is 0.0949 e. The number of ether oxygens (including phenoxy) is 1. The molecule has 0 aliphatic carbocycles. The minimum absolute atomic E-state index is 0.319. The molecule has 2 atom stereocenters. The van der Waals surface area contributed by atoms with Gasteiger partial charge in [-0.2, -0.15) is 0 Å². The highest BCUT2D eigenvalue weighted by Gasteiger charge is 2.18. The van der Waals surface area contributed by atoms with Crippen LogP contribution >= 0.6 is 0 Å². The summed E-state index contributed by atoms with van der Waals surface area (Å²) in [5.74, 6) is 0. The van der Waals surface area contributed by atoms with Crippen LogP contribution in [0.1, 0.15) is 40.0 Å². The van der Waals surface area contributed by atoms with E-state index in [1.165, 1.54) is 12.1 Å². The fourth-order valence-electron chi connectivity index (χ4n) is 1.43. The predicted octanol–water partition coefficient (Wildman–Crippen LogP) is 2.42. The van der Waals surface area contributed by atoms with Crippen LogP contribution in [-0.2, 0) is 4.74 Å². The molecule has 0 aromatic rings. The minimum Gasteiger partial charge on any atom is -0.372 e. The van der Waals surface area contributed by atoms with Gasteiger partial charge in [-0.1, -0.05) is 6.92 Å². The fraction of sp³-hybridized carbons (Fsp3) is 0.900. The van der Waals surface area contributed by atoms with Gasteiger partial charge in [-0.25, -0.2) is 0 Å². The highest BCUT2D eigenvalue weighted by Crippen LogP contribution is 2.14. The van der Waals surface area contributed by atoms with Crippen LogP contribution in [0.15, 0.2) is 4.99 Å². The smallest absolute Gasteiger partial charge is 0.0949 e. The Balaban J connectivity index is 2.43. The number of hydrogen-bond donors (Lipinski definition) is 0. The van der Waals surface area contributed by atoms with Crippen molar-refractivity contribution >= 4 is 5.71 Å². The topological polar surface area (TPSA) is 21.6 Å². The molecule has 0 aromatic heterocycles. The van der Waals surface area contributed by atoms with Crippen LogP contribution in [0.2, 0.25) is 0 Å². The van der Waals surface area contributed by atoms with Gasteiger partial charge in [-0.05, 0) is 33.1 Å². The van der Waals surface area contributed by atoms with Crippen LogP contribution in [-0.4, -0.2) is 24.5 Å². The van der Waals surface area contributed by atoms with Gasteiger partial charge >= 0.3 is 0 Å². The zero-order valence-corrected chi connectivity index (χ0v) is 8.34. The van der Waals surface area contributed by atoms with Crippen molar-refractivity contribution in [2.75, 3.05) is 6.61 Å². The van der Waals surface area contributed by atoms with Crippen molar-refractivity contribution in [1.82, 2.24) is 0 Å². The molecule has 1 aliphatic heterocycles. The van der Waals surface area contributed by atoms with Gasteiger partial charge in [0, 0.05) is 18.4 Å². The molecule has 1 saturated heterocycles. The second-order valence-corrected chi connectivity index (χ2v) is 3.53. The van der Waals surface area contributed by atoms with Gasteiger partial charge in [0.25, 0.3) is 0 Å². The van der Waals surface area contributed by atoms with E-state index < -0.39 is 0 Å². The summed E-state index contributed by atoms with van der Waals surface area (Å²) in [7, 11) is 0. The standard InChI is InChI=1S/C10H19NO/c1-4-8(2)11-9(3)10-6-5-7-12-10/h8,10H,4-7H2,1-3H3. The number of aliphatic imine (C=N–C) groups is 1. The molecule has 0 aromatic carbocycles. The van der Waals surface area contributed by atoms with Gasteiger partial charge in [0.15, 0.2) is 0 Å². The average molecular weight is 169 g/mol. The van der Waals surface area contributed by atoms with E-state index in [0.29, 0.717) is 12.1 Å². The Morgan fingerprint density at radius 2 is 2.42 bits per heavy atom. The highest BCUT2D eigenvalue weighted by molar-refractivity contribution is 5.86. The predicted molar refractivity (Wildman–Crippen MR) is 51.8 cm³/mol. The Labute approximate surface area is 75.0 Å². The molecule has 2 nitrogen and oxygen atoms in total. The molecule has 1 aliphatic rings. The number of nitrogens with zero attached hydrogens (tertiary/aromatic N) is 1.